The number of aryl methyl sites for hydroxylation is 1. The summed E-state index contributed by atoms with van der Waals surface area (Å²) in [4.78, 5) is 24.8. The summed E-state index contributed by atoms with van der Waals surface area (Å²) in [6.45, 7) is 3.86. The molecule has 2 aromatic rings. The third-order valence-corrected chi connectivity index (χ3v) is 4.63. The van der Waals surface area contributed by atoms with E-state index in [4.69, 9.17) is 4.74 Å². The Morgan fingerprint density at radius 3 is 2.40 bits per heavy atom. The Hall–Kier alpha value is -2.47. The van der Waals surface area contributed by atoms with E-state index in [9.17, 15) is 13.8 Å². The highest BCUT2D eigenvalue weighted by Gasteiger charge is 2.21. The van der Waals surface area contributed by atoms with Crippen LogP contribution in [0.3, 0.4) is 0 Å². The lowest BCUT2D eigenvalue weighted by atomic mass is 10.1. The first kappa shape index (κ1) is 18.9. The number of rotatable bonds is 6. The molecule has 0 fully saturated rings. The minimum absolute atomic E-state index is 0.210. The molecule has 6 heteroatoms. The van der Waals surface area contributed by atoms with Crippen molar-refractivity contribution in [3.05, 3.63) is 65.2 Å². The molecule has 0 saturated carbocycles. The molecule has 2 rings (SSSR count). The van der Waals surface area contributed by atoms with Crippen molar-refractivity contribution >= 4 is 22.7 Å². The Morgan fingerprint density at radius 1 is 1.12 bits per heavy atom. The minimum atomic E-state index is -1.32. The summed E-state index contributed by atoms with van der Waals surface area (Å²) in [5, 5.41) is 2.74. The van der Waals surface area contributed by atoms with Gasteiger partial charge in [0.15, 0.2) is 6.10 Å². The first-order valence-electron chi connectivity index (χ1n) is 7.85. The fraction of sp³-hybridized carbons (Fsp3) is 0.263. The second-order valence-electron chi connectivity index (χ2n) is 5.70. The van der Waals surface area contributed by atoms with Gasteiger partial charge in [-0.05, 0) is 31.5 Å². The number of carbonyl (C=O) groups is 2. The lowest BCUT2D eigenvalue weighted by molar-refractivity contribution is -0.129. The van der Waals surface area contributed by atoms with Crippen molar-refractivity contribution in [2.75, 3.05) is 6.26 Å². The molecule has 2 atom stereocenters. The highest BCUT2D eigenvalue weighted by atomic mass is 32.2. The third kappa shape index (κ3) is 5.26. The number of carbonyl (C=O) groups excluding carboxylic acids is 2. The zero-order valence-corrected chi connectivity index (χ0v) is 15.3. The molecule has 0 aliphatic rings. The third-order valence-electron chi connectivity index (χ3n) is 3.66. The van der Waals surface area contributed by atoms with Gasteiger partial charge < -0.3 is 10.1 Å². The van der Waals surface area contributed by atoms with E-state index in [0.29, 0.717) is 11.4 Å². The Bertz CT molecular complexity index is 786. The lowest BCUT2D eigenvalue weighted by Gasteiger charge is -2.14. The SMILES string of the molecule is Cc1ccc(CNC(=O)[C@H](C)OC(=O)c2ccccc2[S@](C)=O)cc1. The quantitative estimate of drug-likeness (QED) is 0.805. The van der Waals surface area contributed by atoms with Crippen LogP contribution in [0.15, 0.2) is 53.4 Å². The topological polar surface area (TPSA) is 72.5 Å². The molecule has 132 valence electrons. The zero-order valence-electron chi connectivity index (χ0n) is 14.4. The van der Waals surface area contributed by atoms with E-state index >= 15 is 0 Å². The van der Waals surface area contributed by atoms with Crippen LogP contribution < -0.4 is 5.32 Å². The van der Waals surface area contributed by atoms with Crippen LogP contribution in [0, 0.1) is 6.92 Å². The minimum Gasteiger partial charge on any atom is -0.449 e. The molecular formula is C19H21NO4S. The van der Waals surface area contributed by atoms with Gasteiger partial charge in [-0.15, -0.1) is 0 Å². The van der Waals surface area contributed by atoms with E-state index in [2.05, 4.69) is 5.32 Å². The highest BCUT2D eigenvalue weighted by molar-refractivity contribution is 7.84. The fourth-order valence-corrected chi connectivity index (χ4v) is 2.93. The molecule has 0 saturated heterocycles. The fourth-order valence-electron chi connectivity index (χ4n) is 2.20. The van der Waals surface area contributed by atoms with Gasteiger partial charge in [-0.2, -0.15) is 0 Å². The van der Waals surface area contributed by atoms with Crippen molar-refractivity contribution in [3.63, 3.8) is 0 Å². The second-order valence-corrected chi connectivity index (χ2v) is 7.05. The molecule has 0 heterocycles. The standard InChI is InChI=1S/C19H21NO4S/c1-13-8-10-15(11-9-13)12-20-18(21)14(2)24-19(22)16-6-4-5-7-17(16)25(3)23/h4-11,14H,12H2,1-3H3,(H,20,21)/t14-,25-/m0/s1. The number of hydrogen-bond acceptors (Lipinski definition) is 4. The molecule has 1 N–H and O–H groups in total. The Morgan fingerprint density at radius 2 is 1.76 bits per heavy atom. The summed E-state index contributed by atoms with van der Waals surface area (Å²) >= 11 is 0. The van der Waals surface area contributed by atoms with Gasteiger partial charge in [-0.3, -0.25) is 9.00 Å². The number of nitrogens with one attached hydrogen (secondary N) is 1. The van der Waals surface area contributed by atoms with Crippen LogP contribution in [0.4, 0.5) is 0 Å². The summed E-state index contributed by atoms with van der Waals surface area (Å²) in [5.41, 5.74) is 2.31. The summed E-state index contributed by atoms with van der Waals surface area (Å²) in [6.07, 6.45) is 0.542. The van der Waals surface area contributed by atoms with Crippen molar-refractivity contribution in [2.45, 2.75) is 31.4 Å². The van der Waals surface area contributed by atoms with Gasteiger partial charge in [0.05, 0.1) is 21.3 Å². The van der Waals surface area contributed by atoms with Crippen LogP contribution in [-0.4, -0.2) is 28.4 Å². The van der Waals surface area contributed by atoms with Gasteiger partial charge >= 0.3 is 5.97 Å². The van der Waals surface area contributed by atoms with E-state index in [1.165, 1.54) is 19.2 Å². The maximum Gasteiger partial charge on any atom is 0.340 e. The largest absolute Gasteiger partial charge is 0.449 e. The number of benzene rings is 2. The molecule has 0 aliphatic carbocycles. The molecule has 0 aromatic heterocycles. The average Bonchev–Trinajstić information content (AvgIpc) is 2.60. The van der Waals surface area contributed by atoms with E-state index < -0.39 is 22.9 Å². The van der Waals surface area contributed by atoms with Crippen molar-refractivity contribution in [3.8, 4) is 0 Å². The molecular weight excluding hydrogens is 338 g/mol. The highest BCUT2D eigenvalue weighted by Crippen LogP contribution is 2.14. The number of esters is 1. The van der Waals surface area contributed by atoms with Crippen molar-refractivity contribution in [1.82, 2.24) is 5.32 Å². The molecule has 25 heavy (non-hydrogen) atoms. The Balaban J connectivity index is 1.95. The van der Waals surface area contributed by atoms with Gasteiger partial charge in [0.1, 0.15) is 0 Å². The Labute approximate surface area is 149 Å². The molecule has 1 amide bonds. The van der Waals surface area contributed by atoms with Crippen LogP contribution in [0.25, 0.3) is 0 Å². The Kier molecular flexibility index (Phi) is 6.47. The van der Waals surface area contributed by atoms with E-state index in [0.717, 1.165) is 11.1 Å². The maximum absolute atomic E-state index is 12.3. The van der Waals surface area contributed by atoms with Crippen molar-refractivity contribution in [1.29, 1.82) is 0 Å². The summed E-state index contributed by atoms with van der Waals surface area (Å²) < 4.78 is 16.9. The second kappa shape index (κ2) is 8.58. The molecule has 5 nitrogen and oxygen atoms in total. The number of ether oxygens (including phenoxy) is 1. The van der Waals surface area contributed by atoms with E-state index in [1.54, 1.807) is 18.2 Å². The average molecular weight is 359 g/mol. The smallest absolute Gasteiger partial charge is 0.340 e. The van der Waals surface area contributed by atoms with Crippen LogP contribution in [0.2, 0.25) is 0 Å². The molecule has 0 bridgehead atoms. The summed E-state index contributed by atoms with van der Waals surface area (Å²) in [6, 6.07) is 14.3. The van der Waals surface area contributed by atoms with Crippen molar-refractivity contribution in [2.24, 2.45) is 0 Å². The molecule has 0 spiro atoms. The molecule has 0 radical (unpaired) electrons. The zero-order chi connectivity index (χ0) is 18.4. The number of amides is 1. The summed E-state index contributed by atoms with van der Waals surface area (Å²) in [7, 11) is -1.32. The predicted octanol–water partition coefficient (Wildman–Crippen LogP) is 2.59. The van der Waals surface area contributed by atoms with Gasteiger partial charge in [-0.1, -0.05) is 42.0 Å². The molecule has 0 aliphatic heterocycles. The summed E-state index contributed by atoms with van der Waals surface area (Å²) in [5.74, 6) is -1.05. The lowest BCUT2D eigenvalue weighted by Crippen LogP contribution is -2.35. The van der Waals surface area contributed by atoms with Crippen LogP contribution in [0.1, 0.15) is 28.4 Å². The maximum atomic E-state index is 12.3. The van der Waals surface area contributed by atoms with E-state index in [-0.39, 0.29) is 11.5 Å². The van der Waals surface area contributed by atoms with Crippen LogP contribution >= 0.6 is 0 Å². The number of hydrogen-bond donors (Lipinski definition) is 1. The predicted molar refractivity (Wildman–Crippen MR) is 96.7 cm³/mol. The van der Waals surface area contributed by atoms with Gasteiger partial charge in [0, 0.05) is 12.8 Å². The monoisotopic (exact) mass is 359 g/mol. The molecule has 2 aromatic carbocycles. The molecule has 0 unspecified atom stereocenters. The van der Waals surface area contributed by atoms with Crippen LogP contribution in [-0.2, 0) is 26.9 Å². The van der Waals surface area contributed by atoms with Gasteiger partial charge in [-0.25, -0.2) is 4.79 Å². The normalized spacial score (nSPS) is 12.9. The first-order valence-corrected chi connectivity index (χ1v) is 9.41. The van der Waals surface area contributed by atoms with Gasteiger partial charge in [0.2, 0.25) is 0 Å². The van der Waals surface area contributed by atoms with Crippen molar-refractivity contribution < 1.29 is 18.5 Å². The van der Waals surface area contributed by atoms with Crippen LogP contribution in [0.5, 0.6) is 0 Å². The van der Waals surface area contributed by atoms with E-state index in [1.807, 2.05) is 31.2 Å². The first-order chi connectivity index (χ1) is 11.9. The van der Waals surface area contributed by atoms with Gasteiger partial charge in [0.25, 0.3) is 5.91 Å².